The van der Waals surface area contributed by atoms with Crippen LogP contribution in [0.1, 0.15) is 33.3 Å². The van der Waals surface area contributed by atoms with Gasteiger partial charge in [-0.3, -0.25) is 9.59 Å². The van der Waals surface area contributed by atoms with Crippen LogP contribution >= 0.6 is 11.3 Å². The lowest BCUT2D eigenvalue weighted by molar-refractivity contribution is 0.0902. The van der Waals surface area contributed by atoms with Gasteiger partial charge in [0.25, 0.3) is 5.91 Å². The average molecular weight is 491 g/mol. The molecule has 178 valence electrons. The molecule has 0 spiro atoms. The van der Waals surface area contributed by atoms with E-state index < -0.39 is 5.91 Å². The molecule has 0 saturated heterocycles. The van der Waals surface area contributed by atoms with Gasteiger partial charge in [0.1, 0.15) is 11.5 Å². The van der Waals surface area contributed by atoms with E-state index in [-0.39, 0.29) is 23.8 Å². The van der Waals surface area contributed by atoms with Crippen molar-refractivity contribution in [2.24, 2.45) is 0 Å². The molecule has 4 rings (SSSR count). The summed E-state index contributed by atoms with van der Waals surface area (Å²) in [4.78, 5) is 30.2. The number of allylic oxidation sites excluding steroid dienone is 1. The number of ketones is 1. The summed E-state index contributed by atoms with van der Waals surface area (Å²) in [5, 5.41) is 5.18. The van der Waals surface area contributed by atoms with Crippen LogP contribution in [0.25, 0.3) is 26.9 Å². The first kappa shape index (κ1) is 24.1. The Bertz CT molecular complexity index is 1460. The van der Waals surface area contributed by atoms with Crippen LogP contribution in [0, 0.1) is 5.82 Å². The van der Waals surface area contributed by atoms with E-state index in [4.69, 9.17) is 9.47 Å². The Morgan fingerprint density at radius 1 is 1.06 bits per heavy atom. The van der Waals surface area contributed by atoms with Crippen molar-refractivity contribution in [3.05, 3.63) is 83.1 Å². The smallest absolute Gasteiger partial charge is 0.251 e. The highest BCUT2D eigenvalue weighted by atomic mass is 32.1. The summed E-state index contributed by atoms with van der Waals surface area (Å²) in [5.41, 5.74) is 3.27. The number of aromatic nitrogens is 1. The Hall–Kier alpha value is -4.04. The number of ether oxygens (including phenoxy) is 2. The maximum absolute atomic E-state index is 14.2. The summed E-state index contributed by atoms with van der Waals surface area (Å²) in [6.07, 6.45) is 0. The van der Waals surface area contributed by atoms with Crippen LogP contribution in [-0.4, -0.2) is 37.4 Å². The van der Waals surface area contributed by atoms with E-state index in [1.807, 2.05) is 24.4 Å². The number of hydrogen-bond acceptors (Lipinski definition) is 6. The summed E-state index contributed by atoms with van der Waals surface area (Å²) in [5.74, 6) is -0.201. The molecule has 1 amide bonds. The van der Waals surface area contributed by atoms with Crippen LogP contribution in [0.5, 0.6) is 11.5 Å². The van der Waals surface area contributed by atoms with E-state index in [2.05, 4.69) is 16.9 Å². The number of carbonyl (C=O) groups is 2. The predicted molar refractivity (Wildman–Crippen MR) is 136 cm³/mol. The minimum atomic E-state index is -0.435. The van der Waals surface area contributed by atoms with E-state index in [1.165, 1.54) is 37.7 Å². The highest BCUT2D eigenvalue weighted by Gasteiger charge is 2.17. The minimum absolute atomic E-state index is 0.184. The molecule has 0 aliphatic heterocycles. The van der Waals surface area contributed by atoms with Gasteiger partial charge in [-0.15, -0.1) is 11.3 Å². The molecule has 0 fully saturated rings. The number of halogens is 1. The molecule has 0 atom stereocenters. The molecule has 1 N–H and O–H groups in total. The first-order valence-corrected chi connectivity index (χ1v) is 11.6. The number of thiophene rings is 1. The van der Waals surface area contributed by atoms with Gasteiger partial charge in [0.2, 0.25) is 0 Å². The Morgan fingerprint density at radius 3 is 2.54 bits per heavy atom. The summed E-state index contributed by atoms with van der Waals surface area (Å²) in [6.45, 7) is 5.56. The Kier molecular flexibility index (Phi) is 6.93. The van der Waals surface area contributed by atoms with Crippen molar-refractivity contribution in [1.29, 1.82) is 0 Å². The number of rotatable bonds is 8. The third-order valence-electron chi connectivity index (χ3n) is 5.49. The first-order chi connectivity index (χ1) is 16.8. The van der Waals surface area contributed by atoms with Crippen molar-refractivity contribution >= 4 is 38.7 Å². The highest BCUT2D eigenvalue weighted by molar-refractivity contribution is 7.17. The van der Waals surface area contributed by atoms with E-state index in [9.17, 15) is 14.0 Å². The molecule has 8 heteroatoms. The van der Waals surface area contributed by atoms with E-state index in [0.29, 0.717) is 27.5 Å². The molecular weight excluding hydrogens is 467 g/mol. The molecule has 0 saturated carbocycles. The van der Waals surface area contributed by atoms with Crippen LogP contribution in [0.2, 0.25) is 0 Å². The van der Waals surface area contributed by atoms with Gasteiger partial charge in [-0.05, 0) is 48.9 Å². The second-order valence-electron chi connectivity index (χ2n) is 7.85. The number of nitrogens with zero attached hydrogens (tertiary/aromatic N) is 1. The molecule has 6 nitrogen and oxygen atoms in total. The molecule has 4 aromatic rings. The van der Waals surface area contributed by atoms with Gasteiger partial charge in [0.15, 0.2) is 17.3 Å². The monoisotopic (exact) mass is 490 g/mol. The number of amides is 1. The number of methoxy groups -OCH3 is 2. The molecular formula is C27H23FN2O4S. The average Bonchev–Trinajstić information content (AvgIpc) is 3.31. The number of Topliss-reactive ketones (excluding diaryl/α,β-unsaturated/α-hetero) is 1. The molecule has 0 aliphatic carbocycles. The van der Waals surface area contributed by atoms with E-state index in [1.54, 1.807) is 24.3 Å². The van der Waals surface area contributed by atoms with Crippen LogP contribution in [-0.2, 0) is 0 Å². The predicted octanol–water partition coefficient (Wildman–Crippen LogP) is 5.77. The van der Waals surface area contributed by atoms with Gasteiger partial charge in [-0.2, -0.15) is 0 Å². The van der Waals surface area contributed by atoms with Crippen LogP contribution in [0.15, 0.2) is 60.5 Å². The van der Waals surface area contributed by atoms with Crippen LogP contribution in [0.3, 0.4) is 0 Å². The Morgan fingerprint density at radius 2 is 1.83 bits per heavy atom. The maximum Gasteiger partial charge on any atom is 0.251 e. The lowest BCUT2D eigenvalue weighted by Crippen LogP contribution is -2.30. The number of pyridine rings is 1. The van der Waals surface area contributed by atoms with Crippen molar-refractivity contribution < 1.29 is 23.5 Å². The quantitative estimate of drug-likeness (QED) is 0.318. The van der Waals surface area contributed by atoms with Gasteiger partial charge in [0.05, 0.1) is 31.2 Å². The fraction of sp³-hybridized carbons (Fsp3) is 0.148. The van der Waals surface area contributed by atoms with Crippen LogP contribution in [0.4, 0.5) is 4.39 Å². The third kappa shape index (κ3) is 4.93. The van der Waals surface area contributed by atoms with Crippen molar-refractivity contribution in [2.45, 2.75) is 6.92 Å². The minimum Gasteiger partial charge on any atom is -0.493 e. The molecule has 2 heterocycles. The van der Waals surface area contributed by atoms with Crippen molar-refractivity contribution in [3.8, 4) is 22.8 Å². The molecule has 0 unspecified atom stereocenters. The van der Waals surface area contributed by atoms with E-state index in [0.717, 1.165) is 22.1 Å². The van der Waals surface area contributed by atoms with Crippen molar-refractivity contribution in [2.75, 3.05) is 20.8 Å². The maximum atomic E-state index is 14.2. The summed E-state index contributed by atoms with van der Waals surface area (Å²) in [6, 6.07) is 13.1. The summed E-state index contributed by atoms with van der Waals surface area (Å²) in [7, 11) is 2.98. The molecule has 0 aliphatic rings. The number of nitrogens with one attached hydrogen (secondary N) is 1. The number of carbonyl (C=O) groups excluding carboxylic acids is 2. The molecule has 0 bridgehead atoms. The van der Waals surface area contributed by atoms with Crippen molar-refractivity contribution in [3.63, 3.8) is 0 Å². The molecule has 0 radical (unpaired) electrons. The molecule has 35 heavy (non-hydrogen) atoms. The Labute approximate surface area is 206 Å². The van der Waals surface area contributed by atoms with Crippen molar-refractivity contribution in [1.82, 2.24) is 10.3 Å². The second kappa shape index (κ2) is 10.1. The Balaban J connectivity index is 1.60. The van der Waals surface area contributed by atoms with Gasteiger partial charge >= 0.3 is 0 Å². The topological polar surface area (TPSA) is 77.5 Å². The van der Waals surface area contributed by atoms with Gasteiger partial charge in [-0.1, -0.05) is 24.3 Å². The lowest BCUT2D eigenvalue weighted by atomic mass is 10.0. The second-order valence-corrected chi connectivity index (χ2v) is 8.73. The van der Waals surface area contributed by atoms with Crippen LogP contribution < -0.4 is 14.8 Å². The standard InChI is InChI=1S/C27H23FN2O4S/c1-15(2)17-10-21(19-14-35-26-18(19)6-5-7-20(26)28)30-22(11-17)23(31)13-29-27(32)16-8-9-24(33-3)25(12-16)34-4/h5-12,14H,1,13H2,2-4H3,(H,29,32). The molecule has 2 aromatic heterocycles. The number of hydrogen-bond donors (Lipinski definition) is 1. The zero-order valence-electron chi connectivity index (χ0n) is 19.5. The van der Waals surface area contributed by atoms with E-state index >= 15 is 0 Å². The fourth-order valence-electron chi connectivity index (χ4n) is 3.61. The largest absolute Gasteiger partial charge is 0.493 e. The fourth-order valence-corrected chi connectivity index (χ4v) is 4.58. The lowest BCUT2D eigenvalue weighted by Gasteiger charge is -2.11. The SMILES string of the molecule is C=C(C)c1cc(C(=O)CNC(=O)c2ccc(OC)c(OC)c2)nc(-c2csc3c(F)cccc23)c1. The normalized spacial score (nSPS) is 10.7. The third-order valence-corrected chi connectivity index (χ3v) is 6.49. The van der Waals surface area contributed by atoms with Gasteiger partial charge in [0, 0.05) is 21.9 Å². The summed E-state index contributed by atoms with van der Waals surface area (Å²) < 4.78 is 25.1. The van der Waals surface area contributed by atoms with Gasteiger partial charge < -0.3 is 14.8 Å². The highest BCUT2D eigenvalue weighted by Crippen LogP contribution is 2.35. The van der Waals surface area contributed by atoms with Gasteiger partial charge in [-0.25, -0.2) is 9.37 Å². The molecule has 2 aromatic carbocycles. The first-order valence-electron chi connectivity index (χ1n) is 10.7. The zero-order chi connectivity index (χ0) is 25.1. The summed E-state index contributed by atoms with van der Waals surface area (Å²) >= 11 is 1.28. The zero-order valence-corrected chi connectivity index (χ0v) is 20.3. The number of benzene rings is 2. The number of fused-ring (bicyclic) bond motifs is 1.